The predicted octanol–water partition coefficient (Wildman–Crippen LogP) is 4.29. The van der Waals surface area contributed by atoms with E-state index in [1.54, 1.807) is 11.8 Å². The Bertz CT molecular complexity index is 489. The molecule has 0 aromatic heterocycles. The molecular weight excluding hydrogens is 434 g/mol. The van der Waals surface area contributed by atoms with E-state index in [9.17, 15) is 9.90 Å². The topological polar surface area (TPSA) is 58.6 Å². The summed E-state index contributed by atoms with van der Waals surface area (Å²) in [6.07, 6.45) is 2.66. The summed E-state index contributed by atoms with van der Waals surface area (Å²) in [5.74, 6) is 0.765. The maximum atomic E-state index is 11.2. The van der Waals surface area contributed by atoms with Gasteiger partial charge in [0.25, 0.3) is 0 Å². The first-order valence-electron chi connectivity index (χ1n) is 6.94. The second-order valence-corrected chi connectivity index (χ2v) is 7.80. The standard InChI is InChI=1S/C15H21Br2NO3S/c1-9(2)21-14-11(16)6-10(7-12(14)17)8-18-13(15(19)20)4-5-22-3/h6-7,9,13,18H,4-5,8H2,1-3H3,(H,19,20). The van der Waals surface area contributed by atoms with Gasteiger partial charge in [-0.3, -0.25) is 4.79 Å². The molecule has 0 aliphatic heterocycles. The number of halogens is 2. The van der Waals surface area contributed by atoms with Crippen molar-refractivity contribution < 1.29 is 14.6 Å². The van der Waals surface area contributed by atoms with Gasteiger partial charge in [0.05, 0.1) is 15.0 Å². The number of carbonyl (C=O) groups is 1. The molecule has 0 saturated heterocycles. The smallest absolute Gasteiger partial charge is 0.320 e. The van der Waals surface area contributed by atoms with E-state index < -0.39 is 12.0 Å². The lowest BCUT2D eigenvalue weighted by molar-refractivity contribution is -0.139. The van der Waals surface area contributed by atoms with E-state index in [4.69, 9.17) is 4.74 Å². The normalized spacial score (nSPS) is 12.5. The number of ether oxygens (including phenoxy) is 1. The summed E-state index contributed by atoms with van der Waals surface area (Å²) in [5.41, 5.74) is 0.991. The lowest BCUT2D eigenvalue weighted by Crippen LogP contribution is -2.36. The molecular formula is C15H21Br2NO3S. The molecule has 0 saturated carbocycles. The molecule has 22 heavy (non-hydrogen) atoms. The number of thioether (sulfide) groups is 1. The number of hydrogen-bond donors (Lipinski definition) is 2. The number of carboxylic acid groups (broad SMARTS) is 1. The van der Waals surface area contributed by atoms with E-state index in [-0.39, 0.29) is 6.10 Å². The van der Waals surface area contributed by atoms with Crippen LogP contribution in [0.5, 0.6) is 5.75 Å². The van der Waals surface area contributed by atoms with E-state index in [0.29, 0.717) is 13.0 Å². The van der Waals surface area contributed by atoms with Gasteiger partial charge in [-0.25, -0.2) is 0 Å². The molecule has 4 nitrogen and oxygen atoms in total. The highest BCUT2D eigenvalue weighted by atomic mass is 79.9. The van der Waals surface area contributed by atoms with Crippen molar-refractivity contribution in [1.82, 2.24) is 5.32 Å². The van der Waals surface area contributed by atoms with Gasteiger partial charge in [0.15, 0.2) is 0 Å². The highest BCUT2D eigenvalue weighted by molar-refractivity contribution is 9.11. The summed E-state index contributed by atoms with van der Waals surface area (Å²) in [6.45, 7) is 4.43. The lowest BCUT2D eigenvalue weighted by atomic mass is 10.1. The summed E-state index contributed by atoms with van der Waals surface area (Å²) < 4.78 is 7.44. The van der Waals surface area contributed by atoms with E-state index in [0.717, 1.165) is 26.0 Å². The molecule has 0 radical (unpaired) electrons. The molecule has 1 unspecified atom stereocenters. The second kappa shape index (κ2) is 9.80. The van der Waals surface area contributed by atoms with Gasteiger partial charge in [0, 0.05) is 6.54 Å². The van der Waals surface area contributed by atoms with Crippen LogP contribution in [0.4, 0.5) is 0 Å². The summed E-state index contributed by atoms with van der Waals surface area (Å²) in [5, 5.41) is 12.3. The molecule has 0 aliphatic carbocycles. The SMILES string of the molecule is CSCCC(NCc1cc(Br)c(OC(C)C)c(Br)c1)C(=O)O. The number of rotatable bonds is 9. The van der Waals surface area contributed by atoms with Gasteiger partial charge in [-0.1, -0.05) is 0 Å². The number of benzene rings is 1. The zero-order valence-electron chi connectivity index (χ0n) is 12.9. The second-order valence-electron chi connectivity index (χ2n) is 5.11. The van der Waals surface area contributed by atoms with Gasteiger partial charge in [-0.05, 0) is 81.8 Å². The first kappa shape index (κ1) is 19.8. The van der Waals surface area contributed by atoms with Crippen molar-refractivity contribution in [2.24, 2.45) is 0 Å². The van der Waals surface area contributed by atoms with Crippen LogP contribution in [0.15, 0.2) is 21.1 Å². The van der Waals surface area contributed by atoms with Crippen molar-refractivity contribution in [3.8, 4) is 5.75 Å². The van der Waals surface area contributed by atoms with Gasteiger partial charge >= 0.3 is 5.97 Å². The average molecular weight is 455 g/mol. The summed E-state index contributed by atoms with van der Waals surface area (Å²) in [4.78, 5) is 11.2. The molecule has 1 atom stereocenters. The van der Waals surface area contributed by atoms with Crippen molar-refractivity contribution in [3.63, 3.8) is 0 Å². The molecule has 1 rings (SSSR count). The number of hydrogen-bond acceptors (Lipinski definition) is 4. The van der Waals surface area contributed by atoms with Crippen molar-refractivity contribution in [2.45, 2.75) is 39.0 Å². The van der Waals surface area contributed by atoms with E-state index in [2.05, 4.69) is 37.2 Å². The Morgan fingerprint density at radius 3 is 2.41 bits per heavy atom. The highest BCUT2D eigenvalue weighted by Gasteiger charge is 2.17. The van der Waals surface area contributed by atoms with Gasteiger partial charge in [0.1, 0.15) is 11.8 Å². The predicted molar refractivity (Wildman–Crippen MR) is 98.9 cm³/mol. The van der Waals surface area contributed by atoms with E-state index in [1.807, 2.05) is 32.2 Å². The van der Waals surface area contributed by atoms with Crippen LogP contribution >= 0.6 is 43.6 Å². The zero-order chi connectivity index (χ0) is 16.7. The van der Waals surface area contributed by atoms with Gasteiger partial charge < -0.3 is 15.2 Å². The summed E-state index contributed by atoms with van der Waals surface area (Å²) in [6, 6.07) is 3.36. The fraction of sp³-hybridized carbons (Fsp3) is 0.533. The average Bonchev–Trinajstić information content (AvgIpc) is 2.42. The monoisotopic (exact) mass is 453 g/mol. The van der Waals surface area contributed by atoms with Crippen LogP contribution in [0, 0.1) is 0 Å². The molecule has 0 spiro atoms. The Morgan fingerprint density at radius 1 is 1.36 bits per heavy atom. The molecule has 124 valence electrons. The molecule has 7 heteroatoms. The fourth-order valence-corrected chi connectivity index (χ4v) is 3.79. The third kappa shape index (κ3) is 6.48. The van der Waals surface area contributed by atoms with Crippen molar-refractivity contribution in [3.05, 3.63) is 26.6 Å². The lowest BCUT2D eigenvalue weighted by Gasteiger charge is -2.17. The minimum absolute atomic E-state index is 0.0829. The van der Waals surface area contributed by atoms with Crippen LogP contribution in [0.3, 0.4) is 0 Å². The van der Waals surface area contributed by atoms with Crippen LogP contribution in [0.25, 0.3) is 0 Å². The molecule has 0 aliphatic rings. The first-order chi connectivity index (χ1) is 10.3. The molecule has 0 bridgehead atoms. The highest BCUT2D eigenvalue weighted by Crippen LogP contribution is 2.35. The molecule has 0 heterocycles. The van der Waals surface area contributed by atoms with Gasteiger partial charge in [-0.15, -0.1) is 0 Å². The van der Waals surface area contributed by atoms with Crippen molar-refractivity contribution in [2.75, 3.05) is 12.0 Å². The van der Waals surface area contributed by atoms with Crippen LogP contribution in [0.1, 0.15) is 25.8 Å². The fourth-order valence-electron chi connectivity index (χ4n) is 1.85. The van der Waals surface area contributed by atoms with Crippen LogP contribution in [-0.2, 0) is 11.3 Å². The van der Waals surface area contributed by atoms with Crippen LogP contribution in [-0.4, -0.2) is 35.2 Å². The Labute approximate surface area is 152 Å². The third-order valence-corrected chi connectivity index (χ3v) is 4.69. The van der Waals surface area contributed by atoms with E-state index in [1.165, 1.54) is 0 Å². The molecule has 0 fully saturated rings. The van der Waals surface area contributed by atoms with Gasteiger partial charge in [0.2, 0.25) is 0 Å². The third-order valence-electron chi connectivity index (χ3n) is 2.87. The van der Waals surface area contributed by atoms with Gasteiger partial charge in [-0.2, -0.15) is 11.8 Å². The van der Waals surface area contributed by atoms with E-state index >= 15 is 0 Å². The minimum Gasteiger partial charge on any atom is -0.489 e. The maximum absolute atomic E-state index is 11.2. The summed E-state index contributed by atoms with van der Waals surface area (Å²) in [7, 11) is 0. The quantitative estimate of drug-likeness (QED) is 0.582. The largest absolute Gasteiger partial charge is 0.489 e. The van der Waals surface area contributed by atoms with Crippen molar-refractivity contribution >= 4 is 49.6 Å². The molecule has 0 amide bonds. The first-order valence-corrected chi connectivity index (χ1v) is 9.92. The molecule has 1 aromatic carbocycles. The Hall–Kier alpha value is -0.240. The Morgan fingerprint density at radius 2 is 1.95 bits per heavy atom. The zero-order valence-corrected chi connectivity index (χ0v) is 16.8. The number of carboxylic acids is 1. The Balaban J connectivity index is 2.75. The summed E-state index contributed by atoms with van der Waals surface area (Å²) >= 11 is 8.65. The van der Waals surface area contributed by atoms with Crippen LogP contribution in [0.2, 0.25) is 0 Å². The van der Waals surface area contributed by atoms with Crippen molar-refractivity contribution in [1.29, 1.82) is 0 Å². The van der Waals surface area contributed by atoms with Crippen LogP contribution < -0.4 is 10.1 Å². The minimum atomic E-state index is -0.813. The maximum Gasteiger partial charge on any atom is 0.320 e. The molecule has 2 N–H and O–H groups in total. The number of nitrogens with one attached hydrogen (secondary N) is 1. The Kier molecular flexibility index (Phi) is 8.82. The number of aliphatic carboxylic acids is 1. The molecule has 1 aromatic rings.